The molecule has 74 valence electrons. The molecule has 1 aromatic rings. The highest BCUT2D eigenvalue weighted by molar-refractivity contribution is 5.74. The number of carboxylic acid groups (broad SMARTS) is 1. The molecule has 14 heavy (non-hydrogen) atoms. The van der Waals surface area contributed by atoms with E-state index in [0.29, 0.717) is 0 Å². The summed E-state index contributed by atoms with van der Waals surface area (Å²) >= 11 is 0. The van der Waals surface area contributed by atoms with Crippen molar-refractivity contribution in [3.05, 3.63) is 35.9 Å². The van der Waals surface area contributed by atoms with Gasteiger partial charge in [0, 0.05) is 0 Å². The van der Waals surface area contributed by atoms with Crippen LogP contribution in [0.25, 0.3) is 0 Å². The monoisotopic (exact) mass is 190 g/mol. The molecule has 0 amide bonds. The Kier molecular flexibility index (Phi) is 2.06. The van der Waals surface area contributed by atoms with Crippen LogP contribution in [0.4, 0.5) is 0 Å². The number of hydrogen-bond donors (Lipinski definition) is 1. The Morgan fingerprint density at radius 2 is 2.14 bits per heavy atom. The van der Waals surface area contributed by atoms with Gasteiger partial charge in [-0.1, -0.05) is 37.3 Å². The highest BCUT2D eigenvalue weighted by Gasteiger charge is 2.54. The first-order valence-corrected chi connectivity index (χ1v) is 4.88. The lowest BCUT2D eigenvalue weighted by atomic mass is 9.96. The Labute approximate surface area is 83.6 Å². The summed E-state index contributed by atoms with van der Waals surface area (Å²) < 4.78 is 0. The van der Waals surface area contributed by atoms with E-state index in [2.05, 4.69) is 19.1 Å². The van der Waals surface area contributed by atoms with Crippen LogP contribution < -0.4 is 0 Å². The Morgan fingerprint density at radius 1 is 1.50 bits per heavy atom. The van der Waals surface area contributed by atoms with Crippen molar-refractivity contribution in [1.29, 1.82) is 0 Å². The van der Waals surface area contributed by atoms with E-state index in [4.69, 9.17) is 5.11 Å². The topological polar surface area (TPSA) is 37.3 Å². The smallest absolute Gasteiger partial charge is 0.307 e. The van der Waals surface area contributed by atoms with Gasteiger partial charge in [-0.15, -0.1) is 0 Å². The second-order valence-corrected chi connectivity index (χ2v) is 4.41. The van der Waals surface area contributed by atoms with Gasteiger partial charge in [-0.05, 0) is 23.8 Å². The zero-order valence-corrected chi connectivity index (χ0v) is 8.23. The fourth-order valence-electron chi connectivity index (χ4n) is 2.05. The quantitative estimate of drug-likeness (QED) is 0.794. The highest BCUT2D eigenvalue weighted by Crippen LogP contribution is 2.54. The summed E-state index contributed by atoms with van der Waals surface area (Å²) in [5, 5.41) is 8.87. The summed E-state index contributed by atoms with van der Waals surface area (Å²) in [7, 11) is 0. The maximum Gasteiger partial charge on any atom is 0.307 e. The number of rotatable bonds is 3. The summed E-state index contributed by atoms with van der Waals surface area (Å²) in [6, 6.07) is 10.1. The minimum atomic E-state index is -0.650. The molecular weight excluding hydrogens is 176 g/mol. The van der Waals surface area contributed by atoms with Gasteiger partial charge in [-0.2, -0.15) is 0 Å². The first kappa shape index (κ1) is 9.25. The van der Waals surface area contributed by atoms with Gasteiger partial charge in [0.1, 0.15) is 0 Å². The molecule has 2 heteroatoms. The Hall–Kier alpha value is -1.31. The summed E-state index contributed by atoms with van der Waals surface area (Å²) in [5.41, 5.74) is 1.23. The zero-order valence-electron chi connectivity index (χ0n) is 8.23. The van der Waals surface area contributed by atoms with Crippen LogP contribution in [0.3, 0.4) is 0 Å². The molecule has 0 saturated heterocycles. The number of benzene rings is 1. The van der Waals surface area contributed by atoms with Gasteiger partial charge in [0.05, 0.1) is 5.92 Å². The molecule has 2 nitrogen and oxygen atoms in total. The third kappa shape index (κ3) is 1.65. The van der Waals surface area contributed by atoms with Gasteiger partial charge >= 0.3 is 5.97 Å². The van der Waals surface area contributed by atoms with Gasteiger partial charge in [-0.25, -0.2) is 0 Å². The normalized spacial score (nSPS) is 29.9. The first-order valence-electron chi connectivity index (χ1n) is 4.88. The zero-order chi connectivity index (χ0) is 10.2. The van der Waals surface area contributed by atoms with Crippen LogP contribution in [0.1, 0.15) is 18.9 Å². The summed E-state index contributed by atoms with van der Waals surface area (Å²) in [5.74, 6) is -0.786. The standard InChI is InChI=1S/C12H14O2/c1-12(8-10(12)11(13)14)7-9-5-3-2-4-6-9/h2-6,10H,7-8H2,1H3,(H,13,14). The Morgan fingerprint density at radius 3 is 2.64 bits per heavy atom. The molecule has 2 unspecified atom stereocenters. The van der Waals surface area contributed by atoms with Crippen LogP contribution in [-0.2, 0) is 11.2 Å². The molecule has 0 bridgehead atoms. The lowest BCUT2D eigenvalue weighted by molar-refractivity contribution is -0.139. The lowest BCUT2D eigenvalue weighted by Crippen LogP contribution is -2.09. The minimum Gasteiger partial charge on any atom is -0.481 e. The van der Waals surface area contributed by atoms with E-state index < -0.39 is 5.97 Å². The number of hydrogen-bond acceptors (Lipinski definition) is 1. The average molecular weight is 190 g/mol. The van der Waals surface area contributed by atoms with Crippen molar-refractivity contribution in [2.24, 2.45) is 11.3 Å². The number of carboxylic acids is 1. The molecule has 0 aliphatic heterocycles. The van der Waals surface area contributed by atoms with E-state index in [1.165, 1.54) is 5.56 Å². The van der Waals surface area contributed by atoms with E-state index in [1.807, 2.05) is 18.2 Å². The van der Waals surface area contributed by atoms with E-state index in [1.54, 1.807) is 0 Å². The second-order valence-electron chi connectivity index (χ2n) is 4.41. The van der Waals surface area contributed by atoms with Crippen LogP contribution in [0.2, 0.25) is 0 Å². The minimum absolute atomic E-state index is 0.00676. The molecule has 1 N–H and O–H groups in total. The third-order valence-electron chi connectivity index (χ3n) is 3.10. The molecular formula is C12H14O2. The van der Waals surface area contributed by atoms with E-state index >= 15 is 0 Å². The fourth-order valence-corrected chi connectivity index (χ4v) is 2.05. The largest absolute Gasteiger partial charge is 0.481 e. The third-order valence-corrected chi connectivity index (χ3v) is 3.10. The number of aliphatic carboxylic acids is 1. The van der Waals surface area contributed by atoms with Gasteiger partial charge in [0.25, 0.3) is 0 Å². The molecule has 2 atom stereocenters. The Bertz CT molecular complexity index is 345. The van der Waals surface area contributed by atoms with Gasteiger partial charge in [0.15, 0.2) is 0 Å². The van der Waals surface area contributed by atoms with Crippen molar-refractivity contribution >= 4 is 5.97 Å². The van der Waals surface area contributed by atoms with Crippen molar-refractivity contribution in [2.45, 2.75) is 19.8 Å². The molecule has 0 aromatic heterocycles. The fraction of sp³-hybridized carbons (Fsp3) is 0.417. The summed E-state index contributed by atoms with van der Waals surface area (Å²) in [6.45, 7) is 2.05. The van der Waals surface area contributed by atoms with Crippen LogP contribution >= 0.6 is 0 Å². The highest BCUT2D eigenvalue weighted by atomic mass is 16.4. The number of carbonyl (C=O) groups is 1. The molecule has 1 saturated carbocycles. The van der Waals surface area contributed by atoms with Crippen LogP contribution in [0.5, 0.6) is 0 Å². The summed E-state index contributed by atoms with van der Waals surface area (Å²) in [6.07, 6.45) is 1.70. The molecule has 2 rings (SSSR count). The summed E-state index contributed by atoms with van der Waals surface area (Å²) in [4.78, 5) is 10.8. The van der Waals surface area contributed by atoms with Crippen molar-refractivity contribution in [1.82, 2.24) is 0 Å². The van der Waals surface area contributed by atoms with Crippen LogP contribution in [0.15, 0.2) is 30.3 Å². The Balaban J connectivity index is 2.04. The van der Waals surface area contributed by atoms with Crippen LogP contribution in [-0.4, -0.2) is 11.1 Å². The molecule has 1 fully saturated rings. The van der Waals surface area contributed by atoms with Crippen molar-refractivity contribution < 1.29 is 9.90 Å². The van der Waals surface area contributed by atoms with E-state index in [9.17, 15) is 4.79 Å². The van der Waals surface area contributed by atoms with Gasteiger partial charge < -0.3 is 5.11 Å². The lowest BCUT2D eigenvalue weighted by Gasteiger charge is -2.08. The molecule has 0 radical (unpaired) electrons. The van der Waals surface area contributed by atoms with E-state index in [0.717, 1.165) is 12.8 Å². The molecule has 1 aliphatic rings. The first-order chi connectivity index (χ1) is 6.62. The molecule has 0 spiro atoms. The molecule has 1 aliphatic carbocycles. The van der Waals surface area contributed by atoms with Crippen molar-refractivity contribution in [3.63, 3.8) is 0 Å². The second kappa shape index (κ2) is 3.12. The van der Waals surface area contributed by atoms with E-state index in [-0.39, 0.29) is 11.3 Å². The average Bonchev–Trinajstić information content (AvgIpc) is 2.79. The van der Waals surface area contributed by atoms with Gasteiger partial charge in [0.2, 0.25) is 0 Å². The van der Waals surface area contributed by atoms with Gasteiger partial charge in [-0.3, -0.25) is 4.79 Å². The van der Waals surface area contributed by atoms with Crippen molar-refractivity contribution in [3.8, 4) is 0 Å². The predicted molar refractivity (Wildman–Crippen MR) is 54.0 cm³/mol. The van der Waals surface area contributed by atoms with Crippen LogP contribution in [0, 0.1) is 11.3 Å². The maximum absolute atomic E-state index is 10.8. The molecule has 0 heterocycles. The predicted octanol–water partition coefficient (Wildman–Crippen LogP) is 2.34. The molecule has 1 aromatic carbocycles. The maximum atomic E-state index is 10.8. The SMILES string of the molecule is CC1(Cc2ccccc2)CC1C(=O)O. The van der Waals surface area contributed by atoms with Crippen molar-refractivity contribution in [2.75, 3.05) is 0 Å².